The topological polar surface area (TPSA) is 60.0 Å². The number of benzene rings is 1. The van der Waals surface area contributed by atoms with Crippen molar-refractivity contribution in [1.29, 1.82) is 0 Å². The van der Waals surface area contributed by atoms with E-state index in [0.29, 0.717) is 13.0 Å². The molecule has 1 aromatic rings. The van der Waals surface area contributed by atoms with E-state index in [9.17, 15) is 4.79 Å². The van der Waals surface area contributed by atoms with Gasteiger partial charge in [-0.25, -0.2) is 0 Å². The van der Waals surface area contributed by atoms with E-state index in [1.54, 1.807) is 0 Å². The van der Waals surface area contributed by atoms with Gasteiger partial charge >= 0.3 is 0 Å². The fourth-order valence-corrected chi connectivity index (χ4v) is 2.80. The highest BCUT2D eigenvalue weighted by molar-refractivity contribution is 5.75. The molecule has 1 amide bonds. The summed E-state index contributed by atoms with van der Waals surface area (Å²) in [5.41, 5.74) is 1.13. The zero-order chi connectivity index (χ0) is 15.4. The highest BCUT2D eigenvalue weighted by Crippen LogP contribution is 2.35. The SMILES string of the molecule is CCC(=O)NC[C@@H](c1ccc2c(c1)OCO2)N1CCOCC1. The lowest BCUT2D eigenvalue weighted by Gasteiger charge is -2.35. The van der Waals surface area contributed by atoms with Gasteiger partial charge in [-0.1, -0.05) is 13.0 Å². The summed E-state index contributed by atoms with van der Waals surface area (Å²) in [5.74, 6) is 1.62. The maximum atomic E-state index is 11.6. The van der Waals surface area contributed by atoms with Crippen molar-refractivity contribution in [3.05, 3.63) is 23.8 Å². The van der Waals surface area contributed by atoms with E-state index >= 15 is 0 Å². The summed E-state index contributed by atoms with van der Waals surface area (Å²) in [6.45, 7) is 5.90. The number of ether oxygens (including phenoxy) is 3. The van der Waals surface area contributed by atoms with Gasteiger partial charge in [0.05, 0.1) is 19.3 Å². The number of nitrogens with one attached hydrogen (secondary N) is 1. The van der Waals surface area contributed by atoms with E-state index in [1.807, 2.05) is 25.1 Å². The van der Waals surface area contributed by atoms with Crippen molar-refractivity contribution in [2.45, 2.75) is 19.4 Å². The standard InChI is InChI=1S/C16H22N2O4/c1-2-16(19)17-10-13(18-5-7-20-8-6-18)12-3-4-14-15(9-12)22-11-21-14/h3-4,9,13H,2,5-8,10-11H2,1H3,(H,17,19)/t13-/m0/s1. The molecule has 120 valence electrons. The molecular formula is C16H22N2O4. The van der Waals surface area contributed by atoms with Gasteiger partial charge in [0.15, 0.2) is 11.5 Å². The fourth-order valence-electron chi connectivity index (χ4n) is 2.80. The second kappa shape index (κ2) is 6.98. The van der Waals surface area contributed by atoms with Crippen molar-refractivity contribution in [3.63, 3.8) is 0 Å². The van der Waals surface area contributed by atoms with Crippen molar-refractivity contribution in [1.82, 2.24) is 10.2 Å². The van der Waals surface area contributed by atoms with E-state index < -0.39 is 0 Å². The molecule has 1 atom stereocenters. The molecule has 0 aliphatic carbocycles. The molecule has 0 spiro atoms. The number of carbonyl (C=O) groups is 1. The lowest BCUT2D eigenvalue weighted by Crippen LogP contribution is -2.43. The largest absolute Gasteiger partial charge is 0.454 e. The van der Waals surface area contributed by atoms with Crippen molar-refractivity contribution in [3.8, 4) is 11.5 Å². The zero-order valence-electron chi connectivity index (χ0n) is 12.8. The molecule has 0 unspecified atom stereocenters. The summed E-state index contributed by atoms with van der Waals surface area (Å²) in [7, 11) is 0. The second-order valence-corrected chi connectivity index (χ2v) is 5.43. The number of hydrogen-bond donors (Lipinski definition) is 1. The van der Waals surface area contributed by atoms with Crippen molar-refractivity contribution >= 4 is 5.91 Å². The van der Waals surface area contributed by atoms with Crippen LogP contribution in [0.25, 0.3) is 0 Å². The number of amides is 1. The molecule has 2 aliphatic heterocycles. The van der Waals surface area contributed by atoms with Gasteiger partial charge in [-0.15, -0.1) is 0 Å². The molecule has 1 fully saturated rings. The van der Waals surface area contributed by atoms with Gasteiger partial charge < -0.3 is 19.5 Å². The molecular weight excluding hydrogens is 284 g/mol. The summed E-state index contributed by atoms with van der Waals surface area (Å²) in [6.07, 6.45) is 0.497. The molecule has 1 N–H and O–H groups in total. The van der Waals surface area contributed by atoms with Crippen LogP contribution in [0.4, 0.5) is 0 Å². The minimum atomic E-state index is 0.0685. The Hall–Kier alpha value is -1.79. The van der Waals surface area contributed by atoms with E-state index in [-0.39, 0.29) is 18.7 Å². The van der Waals surface area contributed by atoms with E-state index in [0.717, 1.165) is 43.4 Å². The van der Waals surface area contributed by atoms with Gasteiger partial charge in [-0.2, -0.15) is 0 Å². The molecule has 2 aliphatic rings. The number of fused-ring (bicyclic) bond motifs is 1. The van der Waals surface area contributed by atoms with Crippen molar-refractivity contribution < 1.29 is 19.0 Å². The van der Waals surface area contributed by atoms with Gasteiger partial charge in [0.1, 0.15) is 0 Å². The van der Waals surface area contributed by atoms with Crippen LogP contribution >= 0.6 is 0 Å². The van der Waals surface area contributed by atoms with Crippen LogP contribution in [0.2, 0.25) is 0 Å². The number of rotatable bonds is 5. The Kier molecular flexibility index (Phi) is 4.80. The molecule has 6 nitrogen and oxygen atoms in total. The Bertz CT molecular complexity index is 529. The molecule has 22 heavy (non-hydrogen) atoms. The highest BCUT2D eigenvalue weighted by atomic mass is 16.7. The van der Waals surface area contributed by atoms with Gasteiger partial charge in [0.2, 0.25) is 12.7 Å². The minimum Gasteiger partial charge on any atom is -0.454 e. The van der Waals surface area contributed by atoms with Crippen LogP contribution < -0.4 is 14.8 Å². The molecule has 1 saturated heterocycles. The fraction of sp³-hybridized carbons (Fsp3) is 0.562. The Morgan fingerprint density at radius 2 is 2.05 bits per heavy atom. The van der Waals surface area contributed by atoms with Crippen LogP contribution in [0.3, 0.4) is 0 Å². The Morgan fingerprint density at radius 1 is 1.27 bits per heavy atom. The minimum absolute atomic E-state index is 0.0685. The van der Waals surface area contributed by atoms with Crippen LogP contribution in [-0.4, -0.2) is 50.4 Å². The smallest absolute Gasteiger partial charge is 0.231 e. The lowest BCUT2D eigenvalue weighted by molar-refractivity contribution is -0.121. The molecule has 0 aromatic heterocycles. The maximum absolute atomic E-state index is 11.6. The van der Waals surface area contributed by atoms with Gasteiger partial charge in [0, 0.05) is 26.1 Å². The average molecular weight is 306 g/mol. The van der Waals surface area contributed by atoms with Crippen LogP contribution in [0.15, 0.2) is 18.2 Å². The summed E-state index contributed by atoms with van der Waals surface area (Å²) < 4.78 is 16.3. The first-order valence-corrected chi connectivity index (χ1v) is 7.76. The number of nitrogens with zero attached hydrogens (tertiary/aromatic N) is 1. The predicted molar refractivity (Wildman–Crippen MR) is 81.0 cm³/mol. The molecule has 2 heterocycles. The van der Waals surface area contributed by atoms with Gasteiger partial charge in [-0.05, 0) is 17.7 Å². The molecule has 3 rings (SSSR count). The third-order valence-electron chi connectivity index (χ3n) is 4.08. The molecule has 0 radical (unpaired) electrons. The monoisotopic (exact) mass is 306 g/mol. The Labute approximate surface area is 130 Å². The van der Waals surface area contributed by atoms with Crippen molar-refractivity contribution in [2.24, 2.45) is 0 Å². The summed E-state index contributed by atoms with van der Waals surface area (Å²) in [4.78, 5) is 14.0. The third kappa shape index (κ3) is 3.34. The Morgan fingerprint density at radius 3 is 2.82 bits per heavy atom. The lowest BCUT2D eigenvalue weighted by atomic mass is 10.0. The summed E-state index contributed by atoms with van der Waals surface area (Å²) in [6, 6.07) is 6.12. The predicted octanol–water partition coefficient (Wildman–Crippen LogP) is 1.31. The number of carbonyl (C=O) groups excluding carboxylic acids is 1. The van der Waals surface area contributed by atoms with Crippen LogP contribution in [0.5, 0.6) is 11.5 Å². The van der Waals surface area contributed by atoms with Crippen molar-refractivity contribution in [2.75, 3.05) is 39.6 Å². The van der Waals surface area contributed by atoms with E-state index in [2.05, 4.69) is 10.2 Å². The number of morpholine rings is 1. The molecule has 6 heteroatoms. The summed E-state index contributed by atoms with van der Waals surface area (Å²) >= 11 is 0. The molecule has 0 bridgehead atoms. The first-order valence-electron chi connectivity index (χ1n) is 7.76. The quantitative estimate of drug-likeness (QED) is 0.889. The van der Waals surface area contributed by atoms with Gasteiger partial charge in [0.25, 0.3) is 0 Å². The van der Waals surface area contributed by atoms with E-state index in [1.165, 1.54) is 0 Å². The zero-order valence-corrected chi connectivity index (χ0v) is 12.8. The third-order valence-corrected chi connectivity index (χ3v) is 4.08. The van der Waals surface area contributed by atoms with Crippen LogP contribution in [0.1, 0.15) is 24.9 Å². The highest BCUT2D eigenvalue weighted by Gasteiger charge is 2.25. The number of hydrogen-bond acceptors (Lipinski definition) is 5. The summed E-state index contributed by atoms with van der Waals surface area (Å²) in [5, 5.41) is 3.00. The normalized spacial score (nSPS) is 19.0. The van der Waals surface area contributed by atoms with Gasteiger partial charge in [-0.3, -0.25) is 9.69 Å². The van der Waals surface area contributed by atoms with E-state index in [4.69, 9.17) is 14.2 Å². The van der Waals surface area contributed by atoms with Crippen LogP contribution in [0, 0.1) is 0 Å². The first-order chi connectivity index (χ1) is 10.8. The first kappa shape index (κ1) is 15.1. The second-order valence-electron chi connectivity index (χ2n) is 5.43. The molecule has 0 saturated carbocycles. The average Bonchev–Trinajstić information content (AvgIpc) is 3.03. The molecule has 1 aromatic carbocycles. The Balaban J connectivity index is 1.78. The maximum Gasteiger partial charge on any atom is 0.231 e. The van der Waals surface area contributed by atoms with Crippen LogP contribution in [-0.2, 0) is 9.53 Å².